The van der Waals surface area contributed by atoms with Crippen LogP contribution >= 0.6 is 15.9 Å². The molecule has 1 fully saturated rings. The zero-order chi connectivity index (χ0) is 29.3. The first-order valence-electron chi connectivity index (χ1n) is 14.6. The molecule has 41 heavy (non-hydrogen) atoms. The lowest BCUT2D eigenvalue weighted by Gasteiger charge is -2.40. The topological polar surface area (TPSA) is 118 Å². The highest BCUT2D eigenvalue weighted by atomic mass is 79.9. The maximum Gasteiger partial charge on any atom is 0.228 e. The van der Waals surface area contributed by atoms with Gasteiger partial charge in [0.25, 0.3) is 0 Å². The van der Waals surface area contributed by atoms with Gasteiger partial charge in [0.1, 0.15) is 11.6 Å². The van der Waals surface area contributed by atoms with Crippen LogP contribution in [0.3, 0.4) is 0 Å². The number of carbonyl (C=O) groups excluding carboxylic acids is 1. The summed E-state index contributed by atoms with van der Waals surface area (Å²) in [4.78, 5) is 17.8. The molecule has 2 aromatic heterocycles. The number of nitrogens with one attached hydrogen (secondary N) is 2. The Bertz CT molecular complexity index is 1470. The van der Waals surface area contributed by atoms with Gasteiger partial charge in [-0.2, -0.15) is 9.61 Å². The van der Waals surface area contributed by atoms with E-state index >= 15 is 0 Å². The number of hydrogen-bond donors (Lipinski definition) is 4. The molecule has 0 bridgehead atoms. The van der Waals surface area contributed by atoms with E-state index in [1.807, 2.05) is 19.9 Å². The number of nitrogens with two attached hydrogens (primary N) is 1. The van der Waals surface area contributed by atoms with E-state index in [1.54, 1.807) is 16.8 Å². The highest BCUT2D eigenvalue weighted by molar-refractivity contribution is 9.10. The number of aryl methyl sites for hydroxylation is 1. The average Bonchev–Trinajstić information content (AvgIpc) is 3.34. The van der Waals surface area contributed by atoms with Crippen molar-refractivity contribution in [3.8, 4) is 0 Å². The van der Waals surface area contributed by atoms with Crippen LogP contribution in [0.25, 0.3) is 17.3 Å². The number of anilines is 1. The van der Waals surface area contributed by atoms with E-state index in [0.29, 0.717) is 22.4 Å². The normalized spacial score (nSPS) is 21.2. The van der Waals surface area contributed by atoms with Crippen molar-refractivity contribution in [3.05, 3.63) is 57.1 Å². The van der Waals surface area contributed by atoms with Gasteiger partial charge < -0.3 is 21.5 Å². The zero-order valence-electron chi connectivity index (χ0n) is 24.0. The second-order valence-corrected chi connectivity index (χ2v) is 12.7. The lowest BCUT2D eigenvalue weighted by atomic mass is 9.82. The highest BCUT2D eigenvalue weighted by Crippen LogP contribution is 2.35. The van der Waals surface area contributed by atoms with Crippen LogP contribution in [0, 0.1) is 11.2 Å². The molecule has 1 aromatic carbocycles. The van der Waals surface area contributed by atoms with E-state index in [2.05, 4.69) is 44.7 Å². The van der Waals surface area contributed by atoms with Gasteiger partial charge in [0.05, 0.1) is 28.4 Å². The fourth-order valence-electron chi connectivity index (χ4n) is 6.04. The molecule has 2 atom stereocenters. The molecule has 5 rings (SSSR count). The minimum absolute atomic E-state index is 0.0804. The molecule has 0 spiro atoms. The number of fused-ring (bicyclic) bond motifs is 2. The second-order valence-electron chi connectivity index (χ2n) is 11.9. The number of aliphatic hydroxyl groups is 1. The summed E-state index contributed by atoms with van der Waals surface area (Å²) in [6.45, 7) is 5.74. The van der Waals surface area contributed by atoms with E-state index in [4.69, 9.17) is 10.7 Å². The van der Waals surface area contributed by atoms with Crippen LogP contribution in [0.5, 0.6) is 0 Å². The fraction of sp³-hybridized carbons (Fsp3) is 0.516. The van der Waals surface area contributed by atoms with Gasteiger partial charge in [-0.15, -0.1) is 0 Å². The molecule has 220 valence electrons. The van der Waals surface area contributed by atoms with Crippen molar-refractivity contribution in [3.63, 3.8) is 0 Å². The molecule has 1 amide bonds. The van der Waals surface area contributed by atoms with Gasteiger partial charge in [0.2, 0.25) is 5.91 Å². The van der Waals surface area contributed by atoms with Crippen LogP contribution in [-0.4, -0.2) is 44.3 Å². The first-order chi connectivity index (χ1) is 19.6. The van der Waals surface area contributed by atoms with Crippen molar-refractivity contribution in [2.24, 2.45) is 5.41 Å². The lowest BCUT2D eigenvalue weighted by Crippen LogP contribution is -2.55. The van der Waals surface area contributed by atoms with Gasteiger partial charge in [0, 0.05) is 23.7 Å². The predicted octanol–water partition coefficient (Wildman–Crippen LogP) is 5.58. The molecule has 3 aromatic rings. The monoisotopic (exact) mass is 626 g/mol. The average molecular weight is 628 g/mol. The molecule has 0 saturated heterocycles. The molecule has 2 aliphatic carbocycles. The summed E-state index contributed by atoms with van der Waals surface area (Å²) < 4.78 is 16.5. The molecule has 2 aliphatic rings. The second kappa shape index (κ2) is 12.2. The molecular weight excluding hydrogens is 587 g/mol. The first kappa shape index (κ1) is 29.7. The molecule has 1 saturated carbocycles. The number of nitrogens with zero attached hydrogens (tertiary/aromatic N) is 3. The third kappa shape index (κ3) is 6.05. The zero-order valence-corrected chi connectivity index (χ0v) is 25.6. The maximum atomic E-state index is 14.1. The number of rotatable bonds is 9. The smallest absolute Gasteiger partial charge is 0.228 e. The quantitative estimate of drug-likeness (QED) is 0.246. The summed E-state index contributed by atoms with van der Waals surface area (Å²) in [6, 6.07) is 5.21. The molecule has 8 nitrogen and oxygen atoms in total. The summed E-state index contributed by atoms with van der Waals surface area (Å²) in [5.41, 5.74) is 11.3. The molecule has 5 N–H and O–H groups in total. The van der Waals surface area contributed by atoms with Crippen LogP contribution in [0.4, 0.5) is 10.2 Å². The number of carbonyl (C=O) groups is 1. The number of allylic oxidation sites excluding steroid dienone is 1. The van der Waals surface area contributed by atoms with E-state index in [1.165, 1.54) is 6.07 Å². The minimum atomic E-state index is -0.743. The largest absolute Gasteiger partial charge is 0.395 e. The van der Waals surface area contributed by atoms with E-state index in [0.717, 1.165) is 72.9 Å². The van der Waals surface area contributed by atoms with Crippen LogP contribution in [0.2, 0.25) is 0 Å². The number of amides is 1. The number of aromatic nitrogens is 3. The van der Waals surface area contributed by atoms with Crippen molar-refractivity contribution >= 4 is 45.0 Å². The number of aliphatic hydroxyl groups excluding tert-OH is 1. The Labute approximate surface area is 249 Å². The van der Waals surface area contributed by atoms with Crippen molar-refractivity contribution < 1.29 is 14.3 Å². The van der Waals surface area contributed by atoms with Crippen molar-refractivity contribution in [1.29, 1.82) is 0 Å². The Balaban J connectivity index is 1.34. The SMILES string of the molecule is CCCC(C)(CO)C(=O)NC1CC(NC(C)c2nc3c(C4=Cc5cc(F)ccc5CCCC4)cnn3c(N)c2Br)C1. The van der Waals surface area contributed by atoms with Crippen LogP contribution < -0.4 is 16.4 Å². The highest BCUT2D eigenvalue weighted by Gasteiger charge is 2.37. The Morgan fingerprint density at radius 1 is 1.29 bits per heavy atom. The predicted molar refractivity (Wildman–Crippen MR) is 164 cm³/mol. The summed E-state index contributed by atoms with van der Waals surface area (Å²) in [5.74, 6) is 0.151. The van der Waals surface area contributed by atoms with Crippen LogP contribution in [-0.2, 0) is 11.2 Å². The molecule has 2 unspecified atom stereocenters. The summed E-state index contributed by atoms with van der Waals surface area (Å²) in [7, 11) is 0. The Kier molecular flexibility index (Phi) is 8.82. The summed E-state index contributed by atoms with van der Waals surface area (Å²) in [6.07, 6.45) is 10.8. The Morgan fingerprint density at radius 3 is 2.78 bits per heavy atom. The summed E-state index contributed by atoms with van der Waals surface area (Å²) in [5, 5.41) is 21.1. The summed E-state index contributed by atoms with van der Waals surface area (Å²) >= 11 is 3.65. The Hall–Kier alpha value is -2.82. The maximum absolute atomic E-state index is 14.1. The lowest BCUT2D eigenvalue weighted by molar-refractivity contribution is -0.134. The molecule has 10 heteroatoms. The van der Waals surface area contributed by atoms with E-state index in [9.17, 15) is 14.3 Å². The third-order valence-electron chi connectivity index (χ3n) is 8.64. The van der Waals surface area contributed by atoms with Gasteiger partial charge in [-0.3, -0.25) is 4.79 Å². The van der Waals surface area contributed by atoms with Gasteiger partial charge >= 0.3 is 0 Å². The first-order valence-corrected chi connectivity index (χ1v) is 15.4. The van der Waals surface area contributed by atoms with Crippen LogP contribution in [0.1, 0.15) is 94.1 Å². The van der Waals surface area contributed by atoms with Gasteiger partial charge in [-0.25, -0.2) is 9.37 Å². The standard InChI is InChI=1S/C31H40BrFN6O2/c1-4-11-31(3,17-40)30(41)37-24-14-23(15-24)36-18(2)27-26(32)28(34)39-29(38-27)25(16-35-39)20-8-6-5-7-19-9-10-22(33)13-21(19)12-20/h9-10,12-13,16,18,23-24,36,40H,4-8,11,14-15,17,34H2,1-3H3,(H,37,41). The fourth-order valence-corrected chi connectivity index (χ4v) is 6.64. The van der Waals surface area contributed by atoms with Crippen molar-refractivity contribution in [2.45, 2.75) is 90.3 Å². The van der Waals surface area contributed by atoms with E-state index in [-0.39, 0.29) is 36.5 Å². The van der Waals surface area contributed by atoms with Gasteiger partial charge in [0.15, 0.2) is 5.65 Å². The van der Waals surface area contributed by atoms with Crippen LogP contribution in [0.15, 0.2) is 28.9 Å². The van der Waals surface area contributed by atoms with Gasteiger partial charge in [-0.05, 0) is 104 Å². The molecule has 2 heterocycles. The Morgan fingerprint density at radius 2 is 2.05 bits per heavy atom. The van der Waals surface area contributed by atoms with E-state index < -0.39 is 5.41 Å². The molecule has 0 aliphatic heterocycles. The third-order valence-corrected chi connectivity index (χ3v) is 9.45. The van der Waals surface area contributed by atoms with Gasteiger partial charge in [-0.1, -0.05) is 25.5 Å². The number of nitrogen functional groups attached to an aromatic ring is 1. The molecular formula is C31H40BrFN6O2. The number of hydrogen-bond acceptors (Lipinski definition) is 6. The van der Waals surface area contributed by atoms with Crippen molar-refractivity contribution in [2.75, 3.05) is 12.3 Å². The number of benzene rings is 1. The molecule has 0 radical (unpaired) electrons. The van der Waals surface area contributed by atoms with Crippen molar-refractivity contribution in [1.82, 2.24) is 25.2 Å². The number of halogens is 2. The minimum Gasteiger partial charge on any atom is -0.395 e.